The lowest BCUT2D eigenvalue weighted by molar-refractivity contribution is -0.305. The summed E-state index contributed by atoms with van der Waals surface area (Å²) in [5.41, 5.74) is 0. The van der Waals surface area contributed by atoms with Crippen molar-refractivity contribution in [1.82, 2.24) is 0 Å². The number of hydrogen-bond donors (Lipinski definition) is 4. The minimum absolute atomic E-state index is 0.118. The summed E-state index contributed by atoms with van der Waals surface area (Å²) in [6, 6.07) is 0. The highest BCUT2D eigenvalue weighted by atomic mass is 16.7. The van der Waals surface area contributed by atoms with E-state index in [-0.39, 0.29) is 19.2 Å². The molecular weight excluding hydrogens is 793 g/mol. The summed E-state index contributed by atoms with van der Waals surface area (Å²) in [5.74, 6) is -0.323. The summed E-state index contributed by atoms with van der Waals surface area (Å²) in [4.78, 5) is 12.8. The van der Waals surface area contributed by atoms with Crippen molar-refractivity contribution in [3.8, 4) is 0 Å². The average molecular weight is 889 g/mol. The molecule has 6 unspecified atom stereocenters. The number of allylic oxidation sites excluding steroid dienone is 10. The van der Waals surface area contributed by atoms with Gasteiger partial charge in [-0.15, -0.1) is 0 Å². The van der Waals surface area contributed by atoms with Crippen molar-refractivity contribution >= 4 is 5.97 Å². The summed E-state index contributed by atoms with van der Waals surface area (Å²) in [7, 11) is 0. The number of carbonyl (C=O) groups is 1. The van der Waals surface area contributed by atoms with Gasteiger partial charge in [0.1, 0.15) is 30.5 Å². The normalized spacial score (nSPS) is 20.1. The standard InChI is InChI=1S/C54H96O9/c1-3-5-7-9-11-13-15-17-19-20-21-22-23-24-25-26-27-28-29-30-32-34-36-38-40-42-44-60-46-48(47-61-54-53(59)52(58)51(57)49(45-55)63-54)62-50(56)43-41-39-37-35-33-31-18-16-14-12-10-8-6-4-2/h5,7,11,13,16-19,21-22,48-49,51-55,57-59H,3-4,6,8-10,12,14-15,20,23-47H2,1-2H3/b7-5-,13-11-,18-16-,19-17-,22-21-. The molecule has 9 heteroatoms. The predicted octanol–water partition coefficient (Wildman–Crippen LogP) is 12.6. The van der Waals surface area contributed by atoms with Gasteiger partial charge in [0.05, 0.1) is 19.8 Å². The summed E-state index contributed by atoms with van der Waals surface area (Å²) in [6.07, 6.45) is 51.2. The Hall–Kier alpha value is -2.11. The summed E-state index contributed by atoms with van der Waals surface area (Å²) in [5, 5.41) is 40.2. The second-order valence-corrected chi connectivity index (χ2v) is 17.6. The maximum Gasteiger partial charge on any atom is 0.306 e. The van der Waals surface area contributed by atoms with Crippen LogP contribution in [0.15, 0.2) is 60.8 Å². The fourth-order valence-corrected chi connectivity index (χ4v) is 7.65. The molecule has 1 fully saturated rings. The van der Waals surface area contributed by atoms with Crippen LogP contribution in [-0.4, -0.2) is 89.6 Å². The zero-order chi connectivity index (χ0) is 45.7. The highest BCUT2D eigenvalue weighted by Crippen LogP contribution is 2.23. The third kappa shape index (κ3) is 35.8. The molecule has 4 N–H and O–H groups in total. The van der Waals surface area contributed by atoms with Gasteiger partial charge >= 0.3 is 5.97 Å². The Balaban J connectivity index is 2.16. The smallest absolute Gasteiger partial charge is 0.306 e. The first-order valence-electron chi connectivity index (χ1n) is 25.9. The first kappa shape index (κ1) is 58.9. The van der Waals surface area contributed by atoms with E-state index >= 15 is 0 Å². The number of aliphatic hydroxyl groups is 4. The highest BCUT2D eigenvalue weighted by Gasteiger charge is 2.44. The lowest BCUT2D eigenvalue weighted by Gasteiger charge is -2.39. The van der Waals surface area contributed by atoms with Crippen molar-refractivity contribution in [2.24, 2.45) is 0 Å². The number of ether oxygens (including phenoxy) is 4. The van der Waals surface area contributed by atoms with Crippen molar-refractivity contribution in [3.05, 3.63) is 60.8 Å². The Morgan fingerprint density at radius 2 is 0.968 bits per heavy atom. The molecule has 0 aromatic heterocycles. The van der Waals surface area contributed by atoms with Gasteiger partial charge in [-0.05, 0) is 77.0 Å². The van der Waals surface area contributed by atoms with E-state index in [9.17, 15) is 25.2 Å². The van der Waals surface area contributed by atoms with Gasteiger partial charge in [0.15, 0.2) is 6.29 Å². The minimum atomic E-state index is -1.54. The molecular formula is C54H96O9. The molecule has 1 heterocycles. The molecule has 63 heavy (non-hydrogen) atoms. The zero-order valence-corrected chi connectivity index (χ0v) is 40.3. The van der Waals surface area contributed by atoms with Gasteiger partial charge in [-0.1, -0.05) is 190 Å². The number of esters is 1. The predicted molar refractivity (Wildman–Crippen MR) is 261 cm³/mol. The average Bonchev–Trinajstić information content (AvgIpc) is 3.28. The highest BCUT2D eigenvalue weighted by molar-refractivity contribution is 5.69. The molecule has 1 aliphatic heterocycles. The first-order valence-corrected chi connectivity index (χ1v) is 25.9. The second-order valence-electron chi connectivity index (χ2n) is 17.6. The van der Waals surface area contributed by atoms with Crippen molar-refractivity contribution in [2.45, 2.75) is 250 Å². The Morgan fingerprint density at radius 3 is 1.48 bits per heavy atom. The number of rotatable bonds is 44. The van der Waals surface area contributed by atoms with Crippen LogP contribution in [0.5, 0.6) is 0 Å². The van der Waals surface area contributed by atoms with E-state index in [0.717, 1.165) is 70.6 Å². The van der Waals surface area contributed by atoms with E-state index in [1.165, 1.54) is 122 Å². The van der Waals surface area contributed by atoms with Gasteiger partial charge in [0.2, 0.25) is 0 Å². The second kappa shape index (κ2) is 45.1. The molecule has 0 bridgehead atoms. The number of unbranched alkanes of at least 4 members (excludes halogenated alkanes) is 23. The van der Waals surface area contributed by atoms with Crippen LogP contribution >= 0.6 is 0 Å². The van der Waals surface area contributed by atoms with E-state index in [2.05, 4.69) is 74.6 Å². The molecule has 9 nitrogen and oxygen atoms in total. The number of aliphatic hydroxyl groups excluding tert-OH is 4. The van der Waals surface area contributed by atoms with E-state index in [0.29, 0.717) is 13.0 Å². The monoisotopic (exact) mass is 889 g/mol. The SMILES string of the molecule is CC/C=C\C/C=C\C/C=C\C/C=C\CCCCCCCCCCCCCCCOCC(COC1OC(CO)C(O)C(O)C1O)OC(=O)CCCCCCC/C=C\CCCCCCC. The van der Waals surface area contributed by atoms with Gasteiger partial charge < -0.3 is 39.4 Å². The summed E-state index contributed by atoms with van der Waals surface area (Å²) >= 11 is 0. The third-order valence-corrected chi connectivity index (χ3v) is 11.7. The molecule has 0 aliphatic carbocycles. The van der Waals surface area contributed by atoms with Crippen LogP contribution in [0, 0.1) is 0 Å². The first-order chi connectivity index (χ1) is 30.9. The molecule has 6 atom stereocenters. The molecule has 0 radical (unpaired) electrons. The fourth-order valence-electron chi connectivity index (χ4n) is 7.65. The molecule has 1 aliphatic rings. The molecule has 0 spiro atoms. The van der Waals surface area contributed by atoms with Gasteiger partial charge in [-0.25, -0.2) is 0 Å². The fraction of sp³-hybridized carbons (Fsp3) is 0.796. The maximum absolute atomic E-state index is 12.8. The topological polar surface area (TPSA) is 135 Å². The number of carbonyl (C=O) groups excluding carboxylic acids is 1. The molecule has 0 aromatic rings. The van der Waals surface area contributed by atoms with Crippen LogP contribution in [0.3, 0.4) is 0 Å². The molecule has 366 valence electrons. The van der Waals surface area contributed by atoms with Crippen molar-refractivity contribution in [2.75, 3.05) is 26.4 Å². The van der Waals surface area contributed by atoms with E-state index < -0.39 is 43.4 Å². The summed E-state index contributed by atoms with van der Waals surface area (Å²) in [6.45, 7) is 4.43. The third-order valence-electron chi connectivity index (χ3n) is 11.7. The van der Waals surface area contributed by atoms with Crippen molar-refractivity contribution in [3.63, 3.8) is 0 Å². The van der Waals surface area contributed by atoms with Crippen molar-refractivity contribution < 1.29 is 44.2 Å². The maximum atomic E-state index is 12.8. The van der Waals surface area contributed by atoms with Gasteiger partial charge in [-0.2, -0.15) is 0 Å². The zero-order valence-electron chi connectivity index (χ0n) is 40.3. The lowest BCUT2D eigenvalue weighted by atomic mass is 9.99. The van der Waals surface area contributed by atoms with Gasteiger partial charge in [-0.3, -0.25) is 4.79 Å². The van der Waals surface area contributed by atoms with Gasteiger partial charge in [0, 0.05) is 13.0 Å². The van der Waals surface area contributed by atoms with Crippen LogP contribution in [-0.2, 0) is 23.7 Å². The number of hydrogen-bond acceptors (Lipinski definition) is 9. The molecule has 0 saturated carbocycles. The Morgan fingerprint density at radius 1 is 0.524 bits per heavy atom. The largest absolute Gasteiger partial charge is 0.457 e. The van der Waals surface area contributed by atoms with E-state index in [4.69, 9.17) is 18.9 Å². The van der Waals surface area contributed by atoms with Crippen molar-refractivity contribution in [1.29, 1.82) is 0 Å². The Labute approximate surface area is 385 Å². The van der Waals surface area contributed by atoms with E-state index in [1.54, 1.807) is 0 Å². The molecule has 1 rings (SSSR count). The van der Waals surface area contributed by atoms with E-state index in [1.807, 2.05) is 0 Å². The van der Waals surface area contributed by atoms with Crippen LogP contribution in [0.4, 0.5) is 0 Å². The molecule has 0 aromatic carbocycles. The lowest BCUT2D eigenvalue weighted by Crippen LogP contribution is -2.59. The van der Waals surface area contributed by atoms with Crippen LogP contribution in [0.1, 0.15) is 213 Å². The van der Waals surface area contributed by atoms with Crippen LogP contribution < -0.4 is 0 Å². The quantitative estimate of drug-likeness (QED) is 0.0268. The van der Waals surface area contributed by atoms with Gasteiger partial charge in [0.25, 0.3) is 0 Å². The Bertz CT molecular complexity index is 1150. The summed E-state index contributed by atoms with van der Waals surface area (Å²) < 4.78 is 22.9. The van der Waals surface area contributed by atoms with Crippen LogP contribution in [0.25, 0.3) is 0 Å². The molecule has 0 amide bonds. The van der Waals surface area contributed by atoms with Crippen LogP contribution in [0.2, 0.25) is 0 Å². The Kier molecular flexibility index (Phi) is 42.1. The molecule has 1 saturated heterocycles. The minimum Gasteiger partial charge on any atom is -0.457 e.